The summed E-state index contributed by atoms with van der Waals surface area (Å²) in [5.74, 6) is -0.206. The van der Waals surface area contributed by atoms with Gasteiger partial charge >= 0.3 is 12.1 Å². The lowest BCUT2D eigenvalue weighted by molar-refractivity contribution is -0.150. The summed E-state index contributed by atoms with van der Waals surface area (Å²) in [6.07, 6.45) is 1.90. The Bertz CT molecular complexity index is 864. The predicted molar refractivity (Wildman–Crippen MR) is 124 cm³/mol. The number of ether oxygens (including phenoxy) is 2. The highest BCUT2D eigenvalue weighted by molar-refractivity contribution is 5.76. The molecule has 0 saturated carbocycles. The van der Waals surface area contributed by atoms with E-state index in [9.17, 15) is 9.59 Å². The molecule has 1 aliphatic heterocycles. The fraction of sp³-hybridized carbons (Fsp3) is 0.462. The fourth-order valence-electron chi connectivity index (χ4n) is 3.95. The van der Waals surface area contributed by atoms with E-state index in [0.717, 1.165) is 30.5 Å². The summed E-state index contributed by atoms with van der Waals surface area (Å²) in [4.78, 5) is 27.4. The highest BCUT2D eigenvalue weighted by atomic mass is 16.6. The molecule has 6 heteroatoms. The second-order valence-electron chi connectivity index (χ2n) is 9.28. The SMILES string of the molecule is CC(C)(C)OC(=O)N[C@@H](Cc1ccccc1)CN1CCC[C@H]1C(=O)OCc1ccccc1. The minimum Gasteiger partial charge on any atom is -0.460 e. The highest BCUT2D eigenvalue weighted by Crippen LogP contribution is 2.20. The van der Waals surface area contributed by atoms with Crippen molar-refractivity contribution in [2.75, 3.05) is 13.1 Å². The first kappa shape index (κ1) is 23.8. The van der Waals surface area contributed by atoms with Gasteiger partial charge in [-0.05, 0) is 57.7 Å². The Kier molecular flexibility index (Phi) is 8.28. The van der Waals surface area contributed by atoms with Crippen LogP contribution in [0.1, 0.15) is 44.7 Å². The van der Waals surface area contributed by atoms with Crippen molar-refractivity contribution in [1.29, 1.82) is 0 Å². The molecular formula is C26H34N2O4. The van der Waals surface area contributed by atoms with Gasteiger partial charge in [0.05, 0.1) is 0 Å². The van der Waals surface area contributed by atoms with Gasteiger partial charge in [-0.15, -0.1) is 0 Å². The minimum atomic E-state index is -0.571. The van der Waals surface area contributed by atoms with Crippen LogP contribution in [-0.2, 0) is 27.3 Å². The van der Waals surface area contributed by atoms with Crippen molar-refractivity contribution in [1.82, 2.24) is 10.2 Å². The summed E-state index contributed by atoms with van der Waals surface area (Å²) in [5, 5.41) is 3.01. The molecule has 2 aromatic carbocycles. The number of nitrogens with one attached hydrogen (secondary N) is 1. The molecule has 2 aromatic rings. The van der Waals surface area contributed by atoms with Gasteiger partial charge in [-0.3, -0.25) is 9.69 Å². The number of likely N-dealkylation sites (tertiary alicyclic amines) is 1. The topological polar surface area (TPSA) is 67.9 Å². The van der Waals surface area contributed by atoms with Crippen LogP contribution in [0.4, 0.5) is 4.79 Å². The third-order valence-electron chi connectivity index (χ3n) is 5.36. The lowest BCUT2D eigenvalue weighted by atomic mass is 10.1. The van der Waals surface area contributed by atoms with Crippen molar-refractivity contribution >= 4 is 12.1 Å². The lowest BCUT2D eigenvalue weighted by Gasteiger charge is -2.29. The number of carbonyl (C=O) groups excluding carboxylic acids is 2. The first-order chi connectivity index (χ1) is 15.3. The molecule has 2 atom stereocenters. The van der Waals surface area contributed by atoms with Crippen LogP contribution in [-0.4, -0.2) is 47.7 Å². The molecule has 0 spiro atoms. The monoisotopic (exact) mass is 438 g/mol. The molecule has 172 valence electrons. The first-order valence-corrected chi connectivity index (χ1v) is 11.3. The van der Waals surface area contributed by atoms with E-state index in [1.165, 1.54) is 0 Å². The van der Waals surface area contributed by atoms with Crippen molar-refractivity contribution in [3.05, 3.63) is 71.8 Å². The van der Waals surface area contributed by atoms with Crippen molar-refractivity contribution in [2.45, 2.75) is 64.3 Å². The highest BCUT2D eigenvalue weighted by Gasteiger charge is 2.34. The molecular weight excluding hydrogens is 404 g/mol. The molecule has 0 bridgehead atoms. The van der Waals surface area contributed by atoms with Crippen LogP contribution in [0.15, 0.2) is 60.7 Å². The zero-order chi connectivity index (χ0) is 23.0. The molecule has 3 rings (SSSR count). The van der Waals surface area contributed by atoms with Gasteiger partial charge in [0.2, 0.25) is 0 Å². The van der Waals surface area contributed by atoms with E-state index in [4.69, 9.17) is 9.47 Å². The Morgan fingerprint density at radius 2 is 1.66 bits per heavy atom. The third-order valence-corrected chi connectivity index (χ3v) is 5.36. The third kappa shape index (κ3) is 7.68. The summed E-state index contributed by atoms with van der Waals surface area (Å²) < 4.78 is 11.1. The van der Waals surface area contributed by atoms with Gasteiger partial charge in [-0.2, -0.15) is 0 Å². The van der Waals surface area contributed by atoms with Crippen LogP contribution in [0, 0.1) is 0 Å². The number of hydrogen-bond acceptors (Lipinski definition) is 5. The number of benzene rings is 2. The Morgan fingerprint density at radius 3 is 2.28 bits per heavy atom. The van der Waals surface area contributed by atoms with Gasteiger partial charge in [-0.1, -0.05) is 60.7 Å². The van der Waals surface area contributed by atoms with Crippen LogP contribution in [0.3, 0.4) is 0 Å². The molecule has 1 N–H and O–H groups in total. The van der Waals surface area contributed by atoms with Crippen molar-refractivity contribution in [3.8, 4) is 0 Å². The zero-order valence-electron chi connectivity index (χ0n) is 19.3. The van der Waals surface area contributed by atoms with Crippen LogP contribution in [0.5, 0.6) is 0 Å². The number of nitrogens with zero attached hydrogens (tertiary/aromatic N) is 1. The minimum absolute atomic E-state index is 0.185. The molecule has 1 aliphatic rings. The van der Waals surface area contributed by atoms with E-state index < -0.39 is 11.7 Å². The standard InChI is InChI=1S/C26H34N2O4/c1-26(2,3)32-25(30)27-22(17-20-11-6-4-7-12-20)18-28-16-10-15-23(28)24(29)31-19-21-13-8-5-9-14-21/h4-9,11-14,22-23H,10,15-19H2,1-3H3,(H,27,30)/t22-,23-/m0/s1. The second-order valence-corrected chi connectivity index (χ2v) is 9.28. The number of alkyl carbamates (subject to hydrolysis) is 1. The van der Waals surface area contributed by atoms with Gasteiger partial charge in [0.15, 0.2) is 0 Å². The molecule has 6 nitrogen and oxygen atoms in total. The first-order valence-electron chi connectivity index (χ1n) is 11.3. The number of hydrogen-bond donors (Lipinski definition) is 1. The zero-order valence-corrected chi connectivity index (χ0v) is 19.3. The smallest absolute Gasteiger partial charge is 0.407 e. The van der Waals surface area contributed by atoms with E-state index in [1.54, 1.807) is 0 Å². The average Bonchev–Trinajstić information content (AvgIpc) is 3.20. The van der Waals surface area contributed by atoms with E-state index in [2.05, 4.69) is 10.2 Å². The number of rotatable bonds is 8. The Balaban J connectivity index is 1.63. The van der Waals surface area contributed by atoms with Gasteiger partial charge in [0.1, 0.15) is 18.2 Å². The fourth-order valence-corrected chi connectivity index (χ4v) is 3.95. The quantitative estimate of drug-likeness (QED) is 0.622. The van der Waals surface area contributed by atoms with Gasteiger partial charge in [0, 0.05) is 12.6 Å². The molecule has 1 saturated heterocycles. The summed E-state index contributed by atoms with van der Waals surface area (Å²) in [5.41, 5.74) is 1.52. The maximum absolute atomic E-state index is 12.8. The molecule has 0 radical (unpaired) electrons. The van der Waals surface area contributed by atoms with E-state index >= 15 is 0 Å². The van der Waals surface area contributed by atoms with Crippen molar-refractivity contribution in [2.24, 2.45) is 0 Å². The van der Waals surface area contributed by atoms with Crippen molar-refractivity contribution in [3.63, 3.8) is 0 Å². The number of esters is 1. The Hall–Kier alpha value is -2.86. The summed E-state index contributed by atoms with van der Waals surface area (Å²) >= 11 is 0. The summed E-state index contributed by atoms with van der Waals surface area (Å²) in [7, 11) is 0. The van der Waals surface area contributed by atoms with E-state index in [1.807, 2.05) is 81.4 Å². The van der Waals surface area contributed by atoms with Crippen LogP contribution < -0.4 is 5.32 Å². The summed E-state index contributed by atoms with van der Waals surface area (Å²) in [6.45, 7) is 7.16. The molecule has 1 heterocycles. The normalized spacial score (nSPS) is 17.5. The Labute approximate surface area is 190 Å². The van der Waals surface area contributed by atoms with Crippen LogP contribution >= 0.6 is 0 Å². The predicted octanol–water partition coefficient (Wildman–Crippen LogP) is 4.33. The van der Waals surface area contributed by atoms with Crippen molar-refractivity contribution < 1.29 is 19.1 Å². The largest absolute Gasteiger partial charge is 0.460 e. The van der Waals surface area contributed by atoms with Crippen LogP contribution in [0.2, 0.25) is 0 Å². The molecule has 0 unspecified atom stereocenters. The molecule has 1 fully saturated rings. The Morgan fingerprint density at radius 1 is 1.03 bits per heavy atom. The van der Waals surface area contributed by atoms with Gasteiger partial charge in [-0.25, -0.2) is 4.79 Å². The number of carbonyl (C=O) groups is 2. The van der Waals surface area contributed by atoms with Gasteiger partial charge < -0.3 is 14.8 Å². The molecule has 0 aromatic heterocycles. The van der Waals surface area contributed by atoms with E-state index in [0.29, 0.717) is 13.0 Å². The second kappa shape index (κ2) is 11.1. The van der Waals surface area contributed by atoms with E-state index in [-0.39, 0.29) is 24.7 Å². The van der Waals surface area contributed by atoms with Crippen LogP contribution in [0.25, 0.3) is 0 Å². The molecule has 32 heavy (non-hydrogen) atoms. The number of amides is 1. The average molecular weight is 439 g/mol. The maximum Gasteiger partial charge on any atom is 0.407 e. The maximum atomic E-state index is 12.8. The lowest BCUT2D eigenvalue weighted by Crippen LogP contribution is -2.49. The molecule has 0 aliphatic carbocycles. The summed E-state index contributed by atoms with van der Waals surface area (Å²) in [6, 6.07) is 19.2. The molecule has 1 amide bonds. The van der Waals surface area contributed by atoms with Gasteiger partial charge in [0.25, 0.3) is 0 Å².